The lowest BCUT2D eigenvalue weighted by Gasteiger charge is -2.32. The van der Waals surface area contributed by atoms with E-state index in [0.29, 0.717) is 31.6 Å². The summed E-state index contributed by atoms with van der Waals surface area (Å²) in [6.45, 7) is 1.00. The van der Waals surface area contributed by atoms with Crippen LogP contribution in [0.3, 0.4) is 0 Å². The molecule has 1 unspecified atom stereocenters. The van der Waals surface area contributed by atoms with Crippen LogP contribution in [0.2, 0.25) is 0 Å². The first-order valence-electron chi connectivity index (χ1n) is 5.23. The van der Waals surface area contributed by atoms with Crippen molar-refractivity contribution in [2.45, 2.75) is 24.9 Å². The predicted molar refractivity (Wildman–Crippen MR) is 55.1 cm³/mol. The molecule has 1 heterocycles. The molecule has 0 amide bonds. The summed E-state index contributed by atoms with van der Waals surface area (Å²) in [5, 5.41) is 10.2. The van der Waals surface area contributed by atoms with Gasteiger partial charge in [-0.1, -0.05) is 18.2 Å². The second-order valence-electron chi connectivity index (χ2n) is 4.15. The van der Waals surface area contributed by atoms with Crippen LogP contribution in [0.5, 0.6) is 0 Å². The van der Waals surface area contributed by atoms with E-state index < -0.39 is 5.60 Å². The van der Waals surface area contributed by atoms with E-state index in [-0.39, 0.29) is 5.82 Å². The van der Waals surface area contributed by atoms with E-state index in [2.05, 4.69) is 0 Å². The van der Waals surface area contributed by atoms with Crippen molar-refractivity contribution in [2.24, 2.45) is 0 Å². The second-order valence-corrected chi connectivity index (χ2v) is 4.15. The molecule has 1 aliphatic rings. The van der Waals surface area contributed by atoms with E-state index in [1.807, 2.05) is 0 Å². The van der Waals surface area contributed by atoms with Crippen molar-refractivity contribution in [3.8, 4) is 0 Å². The summed E-state index contributed by atoms with van der Waals surface area (Å²) in [5.74, 6) is -0.253. The van der Waals surface area contributed by atoms with E-state index in [0.717, 1.165) is 6.42 Å². The molecule has 1 atom stereocenters. The Morgan fingerprint density at radius 3 is 2.87 bits per heavy atom. The van der Waals surface area contributed by atoms with Crippen LogP contribution in [0, 0.1) is 5.82 Å². The van der Waals surface area contributed by atoms with Crippen LogP contribution in [-0.2, 0) is 11.2 Å². The molecule has 2 nitrogen and oxygen atoms in total. The minimum absolute atomic E-state index is 0.253. The summed E-state index contributed by atoms with van der Waals surface area (Å²) in [7, 11) is 0. The summed E-state index contributed by atoms with van der Waals surface area (Å²) in [4.78, 5) is 0. The van der Waals surface area contributed by atoms with E-state index in [1.165, 1.54) is 6.07 Å². The Morgan fingerprint density at radius 1 is 1.40 bits per heavy atom. The number of hydrogen-bond acceptors (Lipinski definition) is 2. The van der Waals surface area contributed by atoms with Crippen molar-refractivity contribution >= 4 is 0 Å². The predicted octanol–water partition coefficient (Wildman–Crippen LogP) is 1.91. The van der Waals surface area contributed by atoms with Crippen LogP contribution in [0.25, 0.3) is 0 Å². The normalized spacial score (nSPS) is 26.5. The van der Waals surface area contributed by atoms with E-state index >= 15 is 0 Å². The second kappa shape index (κ2) is 4.29. The van der Waals surface area contributed by atoms with Gasteiger partial charge in [-0.15, -0.1) is 0 Å². The summed E-state index contributed by atoms with van der Waals surface area (Å²) in [5.41, 5.74) is -0.328. The van der Waals surface area contributed by atoms with Crippen molar-refractivity contribution in [3.05, 3.63) is 35.6 Å². The largest absolute Gasteiger partial charge is 0.387 e. The zero-order chi connectivity index (χ0) is 10.7. The van der Waals surface area contributed by atoms with Crippen LogP contribution < -0.4 is 0 Å². The molecule has 0 bridgehead atoms. The molecular formula is C12H15FO2. The van der Waals surface area contributed by atoms with Gasteiger partial charge in [-0.05, 0) is 24.5 Å². The number of hydrogen-bond donors (Lipinski definition) is 1. The van der Waals surface area contributed by atoms with Gasteiger partial charge in [0.2, 0.25) is 0 Å². The van der Waals surface area contributed by atoms with Gasteiger partial charge in [0, 0.05) is 13.0 Å². The molecule has 3 heteroatoms. The smallest absolute Gasteiger partial charge is 0.126 e. The third-order valence-corrected chi connectivity index (χ3v) is 2.78. The maximum atomic E-state index is 13.4. The zero-order valence-corrected chi connectivity index (χ0v) is 8.58. The van der Waals surface area contributed by atoms with Gasteiger partial charge < -0.3 is 9.84 Å². The lowest BCUT2D eigenvalue weighted by atomic mass is 9.89. The molecule has 82 valence electrons. The number of aliphatic hydroxyl groups is 1. The van der Waals surface area contributed by atoms with Gasteiger partial charge in [0.05, 0.1) is 12.2 Å². The first-order chi connectivity index (χ1) is 7.20. The average molecular weight is 210 g/mol. The number of ether oxygens (including phenoxy) is 1. The molecule has 2 rings (SSSR count). The molecule has 1 fully saturated rings. The molecule has 0 aliphatic carbocycles. The van der Waals surface area contributed by atoms with Gasteiger partial charge in [-0.3, -0.25) is 0 Å². The van der Waals surface area contributed by atoms with Crippen LogP contribution in [0.15, 0.2) is 24.3 Å². The number of halogens is 1. The highest BCUT2D eigenvalue weighted by atomic mass is 19.1. The summed E-state index contributed by atoms with van der Waals surface area (Å²) >= 11 is 0. The van der Waals surface area contributed by atoms with Crippen molar-refractivity contribution in [1.29, 1.82) is 0 Å². The first-order valence-corrected chi connectivity index (χ1v) is 5.23. The highest BCUT2D eigenvalue weighted by molar-refractivity contribution is 5.19. The monoisotopic (exact) mass is 210 g/mol. The van der Waals surface area contributed by atoms with Crippen LogP contribution in [-0.4, -0.2) is 23.9 Å². The van der Waals surface area contributed by atoms with Crippen molar-refractivity contribution in [3.63, 3.8) is 0 Å². The Labute approximate surface area is 88.7 Å². The molecule has 1 saturated heterocycles. The Kier molecular flexibility index (Phi) is 3.03. The SMILES string of the molecule is OC1(Cc2ccccc2F)CCCOC1. The lowest BCUT2D eigenvalue weighted by Crippen LogP contribution is -2.40. The van der Waals surface area contributed by atoms with Crippen molar-refractivity contribution < 1.29 is 14.2 Å². The van der Waals surface area contributed by atoms with E-state index in [9.17, 15) is 9.50 Å². The maximum absolute atomic E-state index is 13.4. The minimum atomic E-state index is -0.888. The Hall–Kier alpha value is -0.930. The molecule has 1 N–H and O–H groups in total. The fourth-order valence-corrected chi connectivity index (χ4v) is 1.97. The van der Waals surface area contributed by atoms with Crippen molar-refractivity contribution in [1.82, 2.24) is 0 Å². The molecule has 0 radical (unpaired) electrons. The van der Waals surface area contributed by atoms with Gasteiger partial charge in [0.15, 0.2) is 0 Å². The van der Waals surface area contributed by atoms with Gasteiger partial charge in [0.1, 0.15) is 5.82 Å². The summed E-state index contributed by atoms with van der Waals surface area (Å²) in [6, 6.07) is 6.57. The van der Waals surface area contributed by atoms with Gasteiger partial charge in [-0.2, -0.15) is 0 Å². The van der Waals surface area contributed by atoms with Crippen molar-refractivity contribution in [2.75, 3.05) is 13.2 Å². The molecule has 1 aromatic rings. The number of rotatable bonds is 2. The highest BCUT2D eigenvalue weighted by Gasteiger charge is 2.30. The van der Waals surface area contributed by atoms with E-state index in [1.54, 1.807) is 18.2 Å². The first kappa shape index (κ1) is 10.6. The molecule has 15 heavy (non-hydrogen) atoms. The van der Waals surface area contributed by atoms with Crippen LogP contribution in [0.1, 0.15) is 18.4 Å². The maximum Gasteiger partial charge on any atom is 0.126 e. The minimum Gasteiger partial charge on any atom is -0.387 e. The molecule has 1 aliphatic heterocycles. The number of benzene rings is 1. The zero-order valence-electron chi connectivity index (χ0n) is 8.58. The molecule has 0 aromatic heterocycles. The van der Waals surface area contributed by atoms with Crippen LogP contribution in [0.4, 0.5) is 4.39 Å². The topological polar surface area (TPSA) is 29.5 Å². The average Bonchev–Trinajstić information content (AvgIpc) is 2.22. The standard InChI is InChI=1S/C12H15FO2/c13-11-5-2-1-4-10(11)8-12(14)6-3-7-15-9-12/h1-2,4-5,14H,3,6-9H2. The third kappa shape index (κ3) is 2.55. The molecule has 0 spiro atoms. The fraction of sp³-hybridized carbons (Fsp3) is 0.500. The quantitative estimate of drug-likeness (QED) is 0.808. The highest BCUT2D eigenvalue weighted by Crippen LogP contribution is 2.24. The van der Waals surface area contributed by atoms with Crippen LogP contribution >= 0.6 is 0 Å². The summed E-state index contributed by atoms with van der Waals surface area (Å²) in [6.07, 6.45) is 1.85. The van der Waals surface area contributed by atoms with Gasteiger partial charge >= 0.3 is 0 Å². The lowest BCUT2D eigenvalue weighted by molar-refractivity contribution is -0.0848. The molecule has 0 saturated carbocycles. The fourth-order valence-electron chi connectivity index (χ4n) is 1.97. The van der Waals surface area contributed by atoms with E-state index in [4.69, 9.17) is 4.74 Å². The van der Waals surface area contributed by atoms with Gasteiger partial charge in [0.25, 0.3) is 0 Å². The third-order valence-electron chi connectivity index (χ3n) is 2.78. The Bertz CT molecular complexity index is 332. The molecular weight excluding hydrogens is 195 g/mol. The Balaban J connectivity index is 2.10. The Morgan fingerprint density at radius 2 is 2.20 bits per heavy atom. The molecule has 1 aromatic carbocycles. The van der Waals surface area contributed by atoms with Gasteiger partial charge in [-0.25, -0.2) is 4.39 Å². The summed E-state index contributed by atoms with van der Waals surface area (Å²) < 4.78 is 18.6.